The van der Waals surface area contributed by atoms with Gasteiger partial charge in [0, 0.05) is 38.7 Å². The molecule has 0 saturated carbocycles. The minimum Gasteiger partial charge on any atom is -0.303 e. The Labute approximate surface area is 132 Å². The summed E-state index contributed by atoms with van der Waals surface area (Å²) in [4.78, 5) is 10.6. The maximum Gasteiger partial charge on any atom is 0.250 e. The Hall–Kier alpha value is -1.28. The minimum atomic E-state index is -2.46. The van der Waals surface area contributed by atoms with Crippen molar-refractivity contribution in [1.82, 2.24) is 24.6 Å². The van der Waals surface area contributed by atoms with Crippen LogP contribution >= 0.6 is 11.8 Å². The molecule has 1 aliphatic heterocycles. The monoisotopic (exact) mass is 327 g/mol. The first-order valence-electron chi connectivity index (χ1n) is 7.41. The standard InChI is InChI=1S/C14H19F2N5S/c1-20-12-11(9-19-20)13(18-10-17-12)22-8-2-5-21-6-3-14(15,16)4-7-21/h9-10H,2-8H2,1H3. The van der Waals surface area contributed by atoms with Gasteiger partial charge in [0.05, 0.1) is 11.6 Å². The maximum atomic E-state index is 13.1. The van der Waals surface area contributed by atoms with Crippen LogP contribution in [0.4, 0.5) is 8.78 Å². The molecule has 0 spiro atoms. The van der Waals surface area contributed by atoms with E-state index in [1.54, 1.807) is 29.0 Å². The lowest BCUT2D eigenvalue weighted by Gasteiger charge is -2.31. The third-order valence-corrected chi connectivity index (χ3v) is 5.03. The van der Waals surface area contributed by atoms with E-state index in [2.05, 4.69) is 20.0 Å². The van der Waals surface area contributed by atoms with Gasteiger partial charge in [0.15, 0.2) is 5.65 Å². The lowest BCUT2D eigenvalue weighted by Crippen LogP contribution is -2.39. The molecule has 5 nitrogen and oxygen atoms in total. The SMILES string of the molecule is Cn1ncc2c(SCCCN3CCC(F)(F)CC3)ncnc21. The highest BCUT2D eigenvalue weighted by atomic mass is 32.2. The van der Waals surface area contributed by atoms with Crippen molar-refractivity contribution in [2.75, 3.05) is 25.4 Å². The number of alkyl halides is 2. The fourth-order valence-corrected chi connectivity index (χ4v) is 3.50. The average Bonchev–Trinajstić information content (AvgIpc) is 2.88. The number of nitrogens with zero attached hydrogens (tertiary/aromatic N) is 5. The molecule has 8 heteroatoms. The number of halogens is 2. The molecule has 0 radical (unpaired) electrons. The predicted octanol–water partition coefficient (Wildman–Crippen LogP) is 2.58. The van der Waals surface area contributed by atoms with Crippen LogP contribution in [-0.2, 0) is 7.05 Å². The Balaban J connectivity index is 1.47. The Kier molecular flexibility index (Phi) is 4.58. The summed E-state index contributed by atoms with van der Waals surface area (Å²) in [7, 11) is 1.86. The molecule has 0 N–H and O–H groups in total. The summed E-state index contributed by atoms with van der Waals surface area (Å²) >= 11 is 1.67. The van der Waals surface area contributed by atoms with E-state index in [-0.39, 0.29) is 12.8 Å². The number of likely N-dealkylation sites (tertiary alicyclic amines) is 1. The quantitative estimate of drug-likeness (QED) is 0.480. The van der Waals surface area contributed by atoms with Crippen LogP contribution in [0, 0.1) is 0 Å². The number of aryl methyl sites for hydroxylation is 1. The van der Waals surface area contributed by atoms with Gasteiger partial charge in [-0.2, -0.15) is 5.10 Å². The molecule has 120 valence electrons. The predicted molar refractivity (Wildman–Crippen MR) is 82.3 cm³/mol. The maximum absolute atomic E-state index is 13.1. The summed E-state index contributed by atoms with van der Waals surface area (Å²) < 4.78 is 27.9. The van der Waals surface area contributed by atoms with Gasteiger partial charge < -0.3 is 4.90 Å². The zero-order valence-electron chi connectivity index (χ0n) is 12.5. The molecule has 1 aliphatic rings. The molecule has 2 aromatic rings. The van der Waals surface area contributed by atoms with Crippen LogP contribution in [0.5, 0.6) is 0 Å². The van der Waals surface area contributed by atoms with E-state index in [1.165, 1.54) is 0 Å². The molecule has 3 heterocycles. The Bertz CT molecular complexity index is 635. The lowest BCUT2D eigenvalue weighted by atomic mass is 10.1. The Morgan fingerprint density at radius 3 is 2.82 bits per heavy atom. The van der Waals surface area contributed by atoms with Gasteiger partial charge in [-0.3, -0.25) is 4.68 Å². The molecule has 22 heavy (non-hydrogen) atoms. The third kappa shape index (κ3) is 3.55. The van der Waals surface area contributed by atoms with Crippen LogP contribution in [0.1, 0.15) is 19.3 Å². The lowest BCUT2D eigenvalue weighted by molar-refractivity contribution is -0.0549. The smallest absolute Gasteiger partial charge is 0.250 e. The third-order valence-electron chi connectivity index (χ3n) is 3.94. The summed E-state index contributed by atoms with van der Waals surface area (Å²) in [6, 6.07) is 0. The van der Waals surface area contributed by atoms with Crippen molar-refractivity contribution < 1.29 is 8.78 Å². The van der Waals surface area contributed by atoms with Crippen molar-refractivity contribution in [1.29, 1.82) is 0 Å². The molecule has 1 saturated heterocycles. The van der Waals surface area contributed by atoms with Crippen LogP contribution in [0.3, 0.4) is 0 Å². The van der Waals surface area contributed by atoms with Crippen molar-refractivity contribution in [3.63, 3.8) is 0 Å². The highest BCUT2D eigenvalue weighted by Crippen LogP contribution is 2.28. The van der Waals surface area contributed by atoms with E-state index in [0.29, 0.717) is 13.1 Å². The fraction of sp³-hybridized carbons (Fsp3) is 0.643. The first-order chi connectivity index (χ1) is 10.6. The van der Waals surface area contributed by atoms with Crippen molar-refractivity contribution in [3.05, 3.63) is 12.5 Å². The Morgan fingerprint density at radius 1 is 1.27 bits per heavy atom. The van der Waals surface area contributed by atoms with Gasteiger partial charge in [0.2, 0.25) is 0 Å². The number of thioether (sulfide) groups is 1. The summed E-state index contributed by atoms with van der Waals surface area (Å²) in [5, 5.41) is 6.09. The molecular formula is C14H19F2N5S. The van der Waals surface area contributed by atoms with E-state index >= 15 is 0 Å². The van der Waals surface area contributed by atoms with Crippen molar-refractivity contribution in [2.24, 2.45) is 7.05 Å². The van der Waals surface area contributed by atoms with E-state index in [4.69, 9.17) is 0 Å². The summed E-state index contributed by atoms with van der Waals surface area (Å²) in [5.41, 5.74) is 0.829. The van der Waals surface area contributed by atoms with Crippen molar-refractivity contribution in [3.8, 4) is 0 Å². The second-order valence-corrected chi connectivity index (χ2v) is 6.67. The topological polar surface area (TPSA) is 46.8 Å². The van der Waals surface area contributed by atoms with Crippen LogP contribution in [0.15, 0.2) is 17.6 Å². The summed E-state index contributed by atoms with van der Waals surface area (Å²) in [6.45, 7) is 1.86. The van der Waals surface area contributed by atoms with Gasteiger partial charge >= 0.3 is 0 Å². The van der Waals surface area contributed by atoms with E-state index in [1.807, 2.05) is 7.05 Å². The molecule has 0 bridgehead atoms. The molecule has 3 rings (SSSR count). The largest absolute Gasteiger partial charge is 0.303 e. The van der Waals surface area contributed by atoms with Crippen LogP contribution < -0.4 is 0 Å². The highest BCUT2D eigenvalue weighted by Gasteiger charge is 2.33. The van der Waals surface area contributed by atoms with Gasteiger partial charge in [-0.1, -0.05) is 0 Å². The average molecular weight is 327 g/mol. The van der Waals surface area contributed by atoms with Gasteiger partial charge in [0.25, 0.3) is 5.92 Å². The summed E-state index contributed by atoms with van der Waals surface area (Å²) in [6.07, 6.45) is 4.27. The van der Waals surface area contributed by atoms with E-state index in [9.17, 15) is 8.78 Å². The number of hydrogen-bond donors (Lipinski definition) is 0. The van der Waals surface area contributed by atoms with E-state index in [0.717, 1.165) is 34.8 Å². The second kappa shape index (κ2) is 6.45. The van der Waals surface area contributed by atoms with Crippen LogP contribution in [-0.4, -0.2) is 56.0 Å². The fourth-order valence-electron chi connectivity index (χ4n) is 2.62. The number of piperidine rings is 1. The zero-order valence-corrected chi connectivity index (χ0v) is 13.3. The first kappa shape index (κ1) is 15.6. The molecule has 2 aromatic heterocycles. The molecule has 0 unspecified atom stereocenters. The Morgan fingerprint density at radius 2 is 2.05 bits per heavy atom. The van der Waals surface area contributed by atoms with Gasteiger partial charge in [-0.25, -0.2) is 18.7 Å². The van der Waals surface area contributed by atoms with Gasteiger partial charge in [-0.15, -0.1) is 11.8 Å². The molecule has 0 amide bonds. The second-order valence-electron chi connectivity index (χ2n) is 5.58. The zero-order chi connectivity index (χ0) is 15.6. The first-order valence-corrected chi connectivity index (χ1v) is 8.39. The van der Waals surface area contributed by atoms with Crippen molar-refractivity contribution in [2.45, 2.75) is 30.2 Å². The summed E-state index contributed by atoms with van der Waals surface area (Å²) in [5.74, 6) is -1.55. The molecule has 0 aromatic carbocycles. The molecular weight excluding hydrogens is 308 g/mol. The normalized spacial score (nSPS) is 18.9. The van der Waals surface area contributed by atoms with Crippen molar-refractivity contribution >= 4 is 22.8 Å². The minimum absolute atomic E-state index is 0.0115. The number of fused-ring (bicyclic) bond motifs is 1. The number of rotatable bonds is 5. The number of hydrogen-bond acceptors (Lipinski definition) is 5. The van der Waals surface area contributed by atoms with Gasteiger partial charge in [-0.05, 0) is 13.0 Å². The highest BCUT2D eigenvalue weighted by molar-refractivity contribution is 7.99. The molecule has 0 atom stereocenters. The van der Waals surface area contributed by atoms with Gasteiger partial charge in [0.1, 0.15) is 11.4 Å². The van der Waals surface area contributed by atoms with Crippen LogP contribution in [0.2, 0.25) is 0 Å². The number of aromatic nitrogens is 4. The van der Waals surface area contributed by atoms with E-state index < -0.39 is 5.92 Å². The van der Waals surface area contributed by atoms with Crippen LogP contribution in [0.25, 0.3) is 11.0 Å². The molecule has 0 aliphatic carbocycles. The molecule has 1 fully saturated rings.